The van der Waals surface area contributed by atoms with Crippen LogP contribution in [-0.4, -0.2) is 12.6 Å². The molecular weight excluding hydrogens is 206 g/mol. The molecule has 0 spiro atoms. The van der Waals surface area contributed by atoms with Crippen molar-refractivity contribution in [2.75, 3.05) is 6.54 Å². The van der Waals surface area contributed by atoms with Crippen LogP contribution in [0.25, 0.3) is 0 Å². The molecular formula is C16H29N. The van der Waals surface area contributed by atoms with Gasteiger partial charge in [-0.2, -0.15) is 0 Å². The van der Waals surface area contributed by atoms with Crippen molar-refractivity contribution >= 4 is 0 Å². The van der Waals surface area contributed by atoms with E-state index in [1.165, 1.54) is 38.6 Å². The molecule has 98 valence electrons. The van der Waals surface area contributed by atoms with Crippen molar-refractivity contribution in [2.24, 2.45) is 29.6 Å². The van der Waals surface area contributed by atoms with E-state index in [9.17, 15) is 0 Å². The Kier molecular flexibility index (Phi) is 3.47. The van der Waals surface area contributed by atoms with Crippen molar-refractivity contribution in [1.82, 2.24) is 5.32 Å². The van der Waals surface area contributed by atoms with Crippen molar-refractivity contribution < 1.29 is 0 Å². The van der Waals surface area contributed by atoms with Gasteiger partial charge in [0.1, 0.15) is 0 Å². The predicted molar refractivity (Wildman–Crippen MR) is 72.9 cm³/mol. The summed E-state index contributed by atoms with van der Waals surface area (Å²) in [6.07, 6.45) is 10.5. The number of fused-ring (bicyclic) bond motifs is 2. The van der Waals surface area contributed by atoms with E-state index in [2.05, 4.69) is 19.2 Å². The molecule has 3 aliphatic carbocycles. The maximum atomic E-state index is 3.92. The van der Waals surface area contributed by atoms with E-state index in [4.69, 9.17) is 0 Å². The van der Waals surface area contributed by atoms with E-state index in [0.717, 1.165) is 35.6 Å². The second-order valence-electron chi connectivity index (χ2n) is 7.05. The van der Waals surface area contributed by atoms with Crippen molar-refractivity contribution in [2.45, 2.75) is 64.8 Å². The van der Waals surface area contributed by atoms with Crippen molar-refractivity contribution in [1.29, 1.82) is 0 Å². The van der Waals surface area contributed by atoms with Gasteiger partial charge >= 0.3 is 0 Å². The molecule has 6 atom stereocenters. The Morgan fingerprint density at radius 3 is 2.47 bits per heavy atom. The topological polar surface area (TPSA) is 12.0 Å². The van der Waals surface area contributed by atoms with Crippen LogP contribution in [0, 0.1) is 29.6 Å². The molecule has 0 aromatic heterocycles. The molecule has 3 fully saturated rings. The zero-order valence-corrected chi connectivity index (χ0v) is 11.6. The molecule has 0 saturated heterocycles. The van der Waals surface area contributed by atoms with Crippen LogP contribution in [0.4, 0.5) is 0 Å². The fourth-order valence-corrected chi connectivity index (χ4v) is 5.04. The molecule has 1 nitrogen and oxygen atoms in total. The van der Waals surface area contributed by atoms with Crippen LogP contribution in [0.1, 0.15) is 58.8 Å². The van der Waals surface area contributed by atoms with Crippen LogP contribution < -0.4 is 5.32 Å². The van der Waals surface area contributed by atoms with E-state index >= 15 is 0 Å². The highest BCUT2D eigenvalue weighted by Crippen LogP contribution is 2.48. The number of rotatable bonds is 4. The van der Waals surface area contributed by atoms with Crippen LogP contribution in [0.5, 0.6) is 0 Å². The second kappa shape index (κ2) is 4.91. The Morgan fingerprint density at radius 2 is 1.88 bits per heavy atom. The van der Waals surface area contributed by atoms with Crippen LogP contribution in [0.2, 0.25) is 0 Å². The first-order valence-electron chi connectivity index (χ1n) is 8.01. The molecule has 3 aliphatic rings. The third kappa shape index (κ3) is 2.28. The molecule has 0 amide bonds. The third-order valence-electron chi connectivity index (χ3n) is 6.28. The summed E-state index contributed by atoms with van der Waals surface area (Å²) in [4.78, 5) is 0. The normalized spacial score (nSPS) is 49.1. The van der Waals surface area contributed by atoms with Crippen molar-refractivity contribution in [3.63, 3.8) is 0 Å². The molecule has 0 heterocycles. The third-order valence-corrected chi connectivity index (χ3v) is 6.28. The second-order valence-corrected chi connectivity index (χ2v) is 7.05. The molecule has 6 unspecified atom stereocenters. The van der Waals surface area contributed by atoms with Gasteiger partial charge in [0.15, 0.2) is 0 Å². The fraction of sp³-hybridized carbons (Fsp3) is 1.00. The first kappa shape index (κ1) is 12.0. The lowest BCUT2D eigenvalue weighted by Crippen LogP contribution is -2.37. The molecule has 17 heavy (non-hydrogen) atoms. The van der Waals surface area contributed by atoms with Gasteiger partial charge in [-0.05, 0) is 68.2 Å². The minimum atomic E-state index is 0.832. The summed E-state index contributed by atoms with van der Waals surface area (Å²) in [5.74, 6) is 5.13. The zero-order chi connectivity index (χ0) is 11.8. The highest BCUT2D eigenvalue weighted by molar-refractivity contribution is 4.93. The van der Waals surface area contributed by atoms with Crippen molar-refractivity contribution in [3.05, 3.63) is 0 Å². The Morgan fingerprint density at radius 1 is 1.00 bits per heavy atom. The summed E-state index contributed by atoms with van der Waals surface area (Å²) < 4.78 is 0. The van der Waals surface area contributed by atoms with Gasteiger partial charge in [-0.15, -0.1) is 0 Å². The zero-order valence-electron chi connectivity index (χ0n) is 11.6. The SMILES string of the molecule is CCC1CCC(NCC2CC3CCC2C3)C1C. The molecule has 0 aromatic rings. The van der Waals surface area contributed by atoms with E-state index < -0.39 is 0 Å². The van der Waals surface area contributed by atoms with Crippen LogP contribution >= 0.6 is 0 Å². The number of hydrogen-bond acceptors (Lipinski definition) is 1. The summed E-state index contributed by atoms with van der Waals surface area (Å²) in [6.45, 7) is 6.16. The standard InChI is InChI=1S/C16H29N/c1-3-13-6-7-16(11(13)2)17-10-15-9-12-4-5-14(15)8-12/h11-17H,3-10H2,1-2H3. The first-order valence-corrected chi connectivity index (χ1v) is 8.01. The quantitative estimate of drug-likeness (QED) is 0.781. The van der Waals surface area contributed by atoms with E-state index in [1.54, 1.807) is 12.8 Å². The maximum Gasteiger partial charge on any atom is 0.00955 e. The Hall–Kier alpha value is -0.0400. The summed E-state index contributed by atoms with van der Waals surface area (Å²) >= 11 is 0. The molecule has 2 bridgehead atoms. The van der Waals surface area contributed by atoms with E-state index in [-0.39, 0.29) is 0 Å². The molecule has 3 saturated carbocycles. The Labute approximate surface area is 107 Å². The van der Waals surface area contributed by atoms with Gasteiger partial charge in [-0.25, -0.2) is 0 Å². The molecule has 1 N–H and O–H groups in total. The minimum absolute atomic E-state index is 0.832. The van der Waals surface area contributed by atoms with Gasteiger partial charge in [0.25, 0.3) is 0 Å². The molecule has 0 radical (unpaired) electrons. The van der Waals surface area contributed by atoms with Gasteiger partial charge in [0.2, 0.25) is 0 Å². The largest absolute Gasteiger partial charge is 0.313 e. The summed E-state index contributed by atoms with van der Waals surface area (Å²) in [5, 5.41) is 3.92. The maximum absolute atomic E-state index is 3.92. The average molecular weight is 235 g/mol. The summed E-state index contributed by atoms with van der Waals surface area (Å²) in [7, 11) is 0. The van der Waals surface area contributed by atoms with Gasteiger partial charge in [0, 0.05) is 6.04 Å². The highest BCUT2D eigenvalue weighted by Gasteiger charge is 2.40. The van der Waals surface area contributed by atoms with Crippen LogP contribution in [-0.2, 0) is 0 Å². The van der Waals surface area contributed by atoms with Gasteiger partial charge in [0.05, 0.1) is 0 Å². The van der Waals surface area contributed by atoms with Crippen LogP contribution in [0.3, 0.4) is 0 Å². The lowest BCUT2D eigenvalue weighted by atomic mass is 9.88. The predicted octanol–water partition coefficient (Wildman–Crippen LogP) is 3.84. The lowest BCUT2D eigenvalue weighted by molar-refractivity contribution is 0.281. The van der Waals surface area contributed by atoms with Crippen molar-refractivity contribution in [3.8, 4) is 0 Å². The molecule has 3 rings (SSSR count). The average Bonchev–Trinajstić information content (AvgIpc) is 3.01. The summed E-state index contributed by atoms with van der Waals surface area (Å²) in [6, 6.07) is 0.832. The van der Waals surface area contributed by atoms with Gasteiger partial charge in [-0.3, -0.25) is 0 Å². The monoisotopic (exact) mass is 235 g/mol. The number of nitrogens with one attached hydrogen (secondary N) is 1. The fourth-order valence-electron chi connectivity index (χ4n) is 5.04. The first-order chi connectivity index (χ1) is 8.28. The lowest BCUT2D eigenvalue weighted by Gasteiger charge is -2.26. The van der Waals surface area contributed by atoms with Gasteiger partial charge in [-0.1, -0.05) is 26.7 Å². The highest BCUT2D eigenvalue weighted by atomic mass is 14.9. The van der Waals surface area contributed by atoms with Crippen LogP contribution in [0.15, 0.2) is 0 Å². The summed E-state index contributed by atoms with van der Waals surface area (Å²) in [5.41, 5.74) is 0. The van der Waals surface area contributed by atoms with Gasteiger partial charge < -0.3 is 5.32 Å². The molecule has 0 aromatic carbocycles. The minimum Gasteiger partial charge on any atom is -0.313 e. The van der Waals surface area contributed by atoms with E-state index in [1.807, 2.05) is 0 Å². The Balaban J connectivity index is 1.46. The number of hydrogen-bond donors (Lipinski definition) is 1. The Bertz CT molecular complexity index is 262. The molecule has 1 heteroatoms. The smallest absolute Gasteiger partial charge is 0.00955 e. The van der Waals surface area contributed by atoms with E-state index in [0.29, 0.717) is 0 Å². The molecule has 0 aliphatic heterocycles.